The van der Waals surface area contributed by atoms with Gasteiger partial charge in [-0.1, -0.05) is 6.07 Å². The van der Waals surface area contributed by atoms with E-state index in [-0.39, 0.29) is 0 Å². The van der Waals surface area contributed by atoms with Gasteiger partial charge in [-0.3, -0.25) is 0 Å². The van der Waals surface area contributed by atoms with Crippen molar-refractivity contribution in [3.63, 3.8) is 0 Å². The zero-order valence-electron chi connectivity index (χ0n) is 14.5. The van der Waals surface area contributed by atoms with E-state index >= 15 is 0 Å². The molecule has 122 valence electrons. The first kappa shape index (κ1) is 16.5. The monoisotopic (exact) mass is 304 g/mol. The highest BCUT2D eigenvalue weighted by Gasteiger charge is 2.14. The fourth-order valence-electron chi connectivity index (χ4n) is 2.58. The van der Waals surface area contributed by atoms with Gasteiger partial charge >= 0.3 is 0 Å². The molecule has 1 saturated heterocycles. The molecule has 1 aromatic heterocycles. The Balaban J connectivity index is 1.98. The third-order valence-corrected chi connectivity index (χ3v) is 3.84. The first-order chi connectivity index (χ1) is 10.5. The summed E-state index contributed by atoms with van der Waals surface area (Å²) < 4.78 is 0. The number of nitrogens with zero attached hydrogens (tertiary/aromatic N) is 6. The lowest BCUT2D eigenvalue weighted by Crippen LogP contribution is -2.44. The lowest BCUT2D eigenvalue weighted by atomic mass is 10.2. The van der Waals surface area contributed by atoms with Gasteiger partial charge in [0.2, 0.25) is 0 Å². The van der Waals surface area contributed by atoms with Crippen LogP contribution in [-0.4, -0.2) is 87.1 Å². The molecule has 0 radical (unpaired) electrons. The Morgan fingerprint density at radius 3 is 2.23 bits per heavy atom. The van der Waals surface area contributed by atoms with Crippen molar-refractivity contribution in [1.29, 1.82) is 0 Å². The molecule has 0 unspecified atom stereocenters. The number of pyridine rings is 1. The molecule has 1 aromatic rings. The second kappa shape index (κ2) is 7.45. The molecule has 0 aromatic carbocycles. The number of rotatable bonds is 3. The van der Waals surface area contributed by atoms with Crippen LogP contribution in [0, 0.1) is 0 Å². The molecule has 22 heavy (non-hydrogen) atoms. The lowest BCUT2D eigenvalue weighted by Gasteiger charge is -2.33. The van der Waals surface area contributed by atoms with Crippen LogP contribution >= 0.6 is 0 Å². The van der Waals surface area contributed by atoms with Crippen molar-refractivity contribution in [3.05, 3.63) is 23.9 Å². The van der Waals surface area contributed by atoms with E-state index in [2.05, 4.69) is 39.0 Å². The minimum absolute atomic E-state index is 0.654. The molecule has 0 aliphatic carbocycles. The van der Waals surface area contributed by atoms with Crippen molar-refractivity contribution < 1.29 is 0 Å². The van der Waals surface area contributed by atoms with E-state index in [0.717, 1.165) is 43.5 Å². The summed E-state index contributed by atoms with van der Waals surface area (Å²) in [5, 5.41) is 0. The molecule has 0 N–H and O–H groups in total. The smallest absolute Gasteiger partial charge is 0.195 e. The number of piperazine rings is 1. The van der Waals surface area contributed by atoms with Gasteiger partial charge in [-0.05, 0) is 18.7 Å². The number of aliphatic imine (C=N–C) groups is 1. The van der Waals surface area contributed by atoms with Crippen molar-refractivity contribution in [2.45, 2.75) is 6.54 Å². The van der Waals surface area contributed by atoms with Crippen molar-refractivity contribution in [2.75, 3.05) is 66.3 Å². The van der Waals surface area contributed by atoms with Gasteiger partial charge in [0.25, 0.3) is 0 Å². The van der Waals surface area contributed by atoms with E-state index in [1.165, 1.54) is 0 Å². The third-order valence-electron chi connectivity index (χ3n) is 3.84. The van der Waals surface area contributed by atoms with Gasteiger partial charge in [0.05, 0.1) is 6.54 Å². The minimum atomic E-state index is 0.654. The van der Waals surface area contributed by atoms with Gasteiger partial charge in [-0.2, -0.15) is 0 Å². The minimum Gasteiger partial charge on any atom is -0.354 e. The summed E-state index contributed by atoms with van der Waals surface area (Å²) in [5.41, 5.74) is 1.14. The molecule has 6 nitrogen and oxygen atoms in total. The highest BCUT2D eigenvalue weighted by atomic mass is 15.3. The van der Waals surface area contributed by atoms with Gasteiger partial charge in [-0.25, -0.2) is 9.98 Å². The summed E-state index contributed by atoms with van der Waals surface area (Å²) in [7, 11) is 10.2. The summed E-state index contributed by atoms with van der Waals surface area (Å²) in [6.45, 7) is 4.95. The number of guanidine groups is 1. The summed E-state index contributed by atoms with van der Waals surface area (Å²) in [6, 6.07) is 4.24. The molecule has 0 spiro atoms. The Kier molecular flexibility index (Phi) is 5.60. The molecule has 6 heteroatoms. The maximum absolute atomic E-state index is 4.65. The summed E-state index contributed by atoms with van der Waals surface area (Å²) in [5.74, 6) is 2.03. The van der Waals surface area contributed by atoms with Crippen LogP contribution in [0.1, 0.15) is 5.56 Å². The average Bonchev–Trinajstić information content (AvgIpc) is 2.48. The van der Waals surface area contributed by atoms with Crippen molar-refractivity contribution in [3.8, 4) is 0 Å². The maximum Gasteiger partial charge on any atom is 0.195 e. The first-order valence-corrected chi connectivity index (χ1v) is 7.75. The van der Waals surface area contributed by atoms with E-state index in [1.807, 2.05) is 44.2 Å². The fourth-order valence-corrected chi connectivity index (χ4v) is 2.58. The van der Waals surface area contributed by atoms with Crippen LogP contribution in [0.2, 0.25) is 0 Å². The van der Waals surface area contributed by atoms with Crippen LogP contribution in [0.15, 0.2) is 23.3 Å². The van der Waals surface area contributed by atoms with Crippen LogP contribution in [0.25, 0.3) is 0 Å². The van der Waals surface area contributed by atoms with E-state index in [1.54, 1.807) is 0 Å². The van der Waals surface area contributed by atoms with Crippen LogP contribution in [0.4, 0.5) is 5.82 Å². The normalized spacial score (nSPS) is 15.6. The van der Waals surface area contributed by atoms with E-state index in [9.17, 15) is 0 Å². The predicted octanol–water partition coefficient (Wildman–Crippen LogP) is 0.813. The maximum atomic E-state index is 4.65. The Morgan fingerprint density at radius 1 is 1.09 bits per heavy atom. The number of aromatic nitrogens is 1. The number of likely N-dealkylation sites (N-methyl/N-ethyl adjacent to an activating group) is 1. The highest BCUT2D eigenvalue weighted by molar-refractivity contribution is 5.79. The molecule has 0 saturated carbocycles. The number of hydrogen-bond donors (Lipinski definition) is 0. The predicted molar refractivity (Wildman–Crippen MR) is 92.5 cm³/mol. The number of anilines is 1. The lowest BCUT2D eigenvalue weighted by molar-refractivity contribution is 0.312. The number of hydrogen-bond acceptors (Lipinski definition) is 4. The second-order valence-electron chi connectivity index (χ2n) is 6.22. The van der Waals surface area contributed by atoms with Crippen molar-refractivity contribution in [1.82, 2.24) is 19.7 Å². The van der Waals surface area contributed by atoms with Crippen LogP contribution in [0.3, 0.4) is 0 Å². The van der Waals surface area contributed by atoms with Crippen molar-refractivity contribution in [2.24, 2.45) is 4.99 Å². The quantitative estimate of drug-likeness (QED) is 0.610. The van der Waals surface area contributed by atoms with Gasteiger partial charge in [0, 0.05) is 60.6 Å². The third kappa shape index (κ3) is 4.34. The van der Waals surface area contributed by atoms with Crippen LogP contribution < -0.4 is 4.90 Å². The zero-order valence-corrected chi connectivity index (χ0v) is 14.5. The first-order valence-electron chi connectivity index (χ1n) is 7.75. The molecular weight excluding hydrogens is 276 g/mol. The Bertz CT molecular complexity index is 476. The van der Waals surface area contributed by atoms with E-state index < -0.39 is 0 Å². The van der Waals surface area contributed by atoms with Crippen LogP contribution in [0.5, 0.6) is 0 Å². The van der Waals surface area contributed by atoms with Gasteiger partial charge in [0.1, 0.15) is 5.82 Å². The molecule has 2 heterocycles. The molecular formula is C16H28N6. The summed E-state index contributed by atoms with van der Waals surface area (Å²) in [6.07, 6.45) is 1.94. The zero-order chi connectivity index (χ0) is 16.1. The van der Waals surface area contributed by atoms with Gasteiger partial charge in [0.15, 0.2) is 5.96 Å². The van der Waals surface area contributed by atoms with E-state index in [0.29, 0.717) is 6.54 Å². The molecule has 0 amide bonds. The summed E-state index contributed by atoms with van der Waals surface area (Å²) >= 11 is 0. The van der Waals surface area contributed by atoms with Crippen molar-refractivity contribution >= 4 is 11.8 Å². The van der Waals surface area contributed by atoms with Crippen LogP contribution in [-0.2, 0) is 6.54 Å². The standard InChI is InChI=1S/C16H28N6/c1-19(2)16(20(3)4)18-13-14-6-7-15(17-12-14)22-10-8-21(5)9-11-22/h6-7,12H,8-11,13H2,1-5H3. The molecule has 0 atom stereocenters. The highest BCUT2D eigenvalue weighted by Crippen LogP contribution is 2.14. The van der Waals surface area contributed by atoms with Gasteiger partial charge in [-0.15, -0.1) is 0 Å². The topological polar surface area (TPSA) is 38.2 Å². The molecule has 2 rings (SSSR count). The van der Waals surface area contributed by atoms with E-state index in [4.69, 9.17) is 0 Å². The molecule has 1 aliphatic heterocycles. The largest absolute Gasteiger partial charge is 0.354 e. The Labute approximate surface area is 134 Å². The Hall–Kier alpha value is -1.82. The molecule has 1 fully saturated rings. The second-order valence-corrected chi connectivity index (χ2v) is 6.22. The van der Waals surface area contributed by atoms with Gasteiger partial charge < -0.3 is 19.6 Å². The summed E-state index contributed by atoms with van der Waals surface area (Å²) in [4.78, 5) is 18.0. The SMILES string of the molecule is CN1CCN(c2ccc(CN=C(N(C)C)N(C)C)cn2)CC1. The fraction of sp³-hybridized carbons (Fsp3) is 0.625. The molecule has 1 aliphatic rings. The Morgan fingerprint density at radius 2 is 1.73 bits per heavy atom. The molecule has 0 bridgehead atoms. The average molecular weight is 304 g/mol.